The van der Waals surface area contributed by atoms with E-state index in [1.807, 2.05) is 6.92 Å². The van der Waals surface area contributed by atoms with Crippen LogP contribution in [0.4, 0.5) is 5.69 Å². The van der Waals surface area contributed by atoms with E-state index < -0.39 is 5.97 Å². The van der Waals surface area contributed by atoms with Gasteiger partial charge in [-0.2, -0.15) is 0 Å². The maximum absolute atomic E-state index is 12.1. The highest BCUT2D eigenvalue weighted by atomic mass is 32.1. The maximum Gasteiger partial charge on any atom is 0.338 e. The van der Waals surface area contributed by atoms with Crippen LogP contribution in [0.25, 0.3) is 0 Å². The van der Waals surface area contributed by atoms with Crippen molar-refractivity contribution < 1.29 is 14.3 Å². The van der Waals surface area contributed by atoms with Gasteiger partial charge in [0.25, 0.3) is 0 Å². The molecule has 0 aliphatic carbocycles. The van der Waals surface area contributed by atoms with Gasteiger partial charge in [0, 0.05) is 23.2 Å². The lowest BCUT2D eigenvalue weighted by Crippen LogP contribution is -2.21. The van der Waals surface area contributed by atoms with Crippen LogP contribution in [0.3, 0.4) is 0 Å². The van der Waals surface area contributed by atoms with Crippen LogP contribution in [-0.2, 0) is 22.5 Å². The molecule has 0 radical (unpaired) electrons. The van der Waals surface area contributed by atoms with Crippen molar-refractivity contribution >= 4 is 28.9 Å². The second kappa shape index (κ2) is 6.37. The van der Waals surface area contributed by atoms with E-state index in [0.717, 1.165) is 28.3 Å². The summed E-state index contributed by atoms with van der Waals surface area (Å²) in [6.07, 6.45) is 1.04. The third kappa shape index (κ3) is 3.34. The van der Waals surface area contributed by atoms with Crippen LogP contribution in [0.2, 0.25) is 0 Å². The molecule has 1 amide bonds. The standard InChI is InChI=1S/C16H16N2O4S/c1-10-9-23-16(21)18(10)6-7-22-15(20)12-2-4-13-11(8-12)3-5-14(19)17-13/h2,4,8-9H,3,5-7H2,1H3,(H,17,19). The summed E-state index contributed by atoms with van der Waals surface area (Å²) in [5.74, 6) is -0.435. The number of nitrogens with one attached hydrogen (secondary N) is 1. The lowest BCUT2D eigenvalue weighted by Gasteiger charge is -2.17. The van der Waals surface area contributed by atoms with Crippen LogP contribution in [0.5, 0.6) is 0 Å². The Morgan fingerprint density at radius 2 is 2.17 bits per heavy atom. The van der Waals surface area contributed by atoms with Gasteiger partial charge in [-0.25, -0.2) is 4.79 Å². The van der Waals surface area contributed by atoms with E-state index in [1.165, 1.54) is 0 Å². The zero-order chi connectivity index (χ0) is 16.4. The second-order valence-corrected chi connectivity index (χ2v) is 6.17. The third-order valence-corrected chi connectivity index (χ3v) is 4.64. The minimum atomic E-state index is -0.425. The Morgan fingerprint density at radius 3 is 2.91 bits per heavy atom. The summed E-state index contributed by atoms with van der Waals surface area (Å²) in [4.78, 5) is 34.9. The summed E-state index contributed by atoms with van der Waals surface area (Å²) in [7, 11) is 0. The number of carbonyl (C=O) groups excluding carboxylic acids is 2. The lowest BCUT2D eigenvalue weighted by molar-refractivity contribution is -0.116. The van der Waals surface area contributed by atoms with Crippen molar-refractivity contribution in [2.24, 2.45) is 0 Å². The largest absolute Gasteiger partial charge is 0.460 e. The van der Waals surface area contributed by atoms with E-state index in [-0.39, 0.29) is 17.4 Å². The zero-order valence-electron chi connectivity index (χ0n) is 12.6. The second-order valence-electron chi connectivity index (χ2n) is 5.35. The molecule has 0 bridgehead atoms. The fourth-order valence-corrected chi connectivity index (χ4v) is 3.26. The Hall–Kier alpha value is -2.41. The van der Waals surface area contributed by atoms with Gasteiger partial charge < -0.3 is 10.1 Å². The molecule has 6 nitrogen and oxygen atoms in total. The molecule has 1 aliphatic heterocycles. The number of aryl methyl sites for hydroxylation is 2. The highest BCUT2D eigenvalue weighted by molar-refractivity contribution is 7.07. The number of carbonyl (C=O) groups is 2. The molecule has 23 heavy (non-hydrogen) atoms. The van der Waals surface area contributed by atoms with Gasteiger partial charge in [0.05, 0.1) is 12.1 Å². The Labute approximate surface area is 136 Å². The maximum atomic E-state index is 12.1. The van der Waals surface area contributed by atoms with Crippen LogP contribution < -0.4 is 10.2 Å². The summed E-state index contributed by atoms with van der Waals surface area (Å²) in [6.45, 7) is 2.34. The Bertz CT molecular complexity index is 822. The molecular weight excluding hydrogens is 316 g/mol. The summed E-state index contributed by atoms with van der Waals surface area (Å²) in [5, 5.41) is 4.55. The molecule has 2 heterocycles. The molecule has 0 fully saturated rings. The van der Waals surface area contributed by atoms with Crippen molar-refractivity contribution in [1.29, 1.82) is 0 Å². The summed E-state index contributed by atoms with van der Waals surface area (Å²) in [5.41, 5.74) is 3.00. The minimum absolute atomic E-state index is 0.00981. The van der Waals surface area contributed by atoms with Crippen LogP contribution in [-0.4, -0.2) is 23.1 Å². The lowest BCUT2D eigenvalue weighted by atomic mass is 10.0. The van der Waals surface area contributed by atoms with E-state index in [9.17, 15) is 14.4 Å². The highest BCUT2D eigenvalue weighted by Crippen LogP contribution is 2.23. The number of amides is 1. The molecule has 0 unspecified atom stereocenters. The Balaban J connectivity index is 1.63. The van der Waals surface area contributed by atoms with Gasteiger partial charge in [-0.15, -0.1) is 0 Å². The number of anilines is 1. The number of ether oxygens (including phenoxy) is 1. The van der Waals surface area contributed by atoms with Crippen LogP contribution in [0, 0.1) is 6.92 Å². The van der Waals surface area contributed by atoms with Crippen LogP contribution in [0.1, 0.15) is 28.0 Å². The fourth-order valence-electron chi connectivity index (χ4n) is 2.50. The number of benzene rings is 1. The number of hydrogen-bond acceptors (Lipinski definition) is 5. The number of esters is 1. The zero-order valence-corrected chi connectivity index (χ0v) is 13.4. The fraction of sp³-hybridized carbons (Fsp3) is 0.312. The van der Waals surface area contributed by atoms with E-state index in [2.05, 4.69) is 5.32 Å². The van der Waals surface area contributed by atoms with Gasteiger partial charge in [0.1, 0.15) is 6.61 Å². The molecule has 0 saturated heterocycles. The number of hydrogen-bond donors (Lipinski definition) is 1. The number of rotatable bonds is 4. The SMILES string of the molecule is Cc1csc(=O)n1CCOC(=O)c1ccc2c(c1)CCC(=O)N2. The molecule has 1 N–H and O–H groups in total. The number of fused-ring (bicyclic) bond motifs is 1. The minimum Gasteiger partial charge on any atom is -0.460 e. The molecule has 3 rings (SSSR count). The predicted molar refractivity (Wildman–Crippen MR) is 87.0 cm³/mol. The third-order valence-electron chi connectivity index (χ3n) is 3.76. The van der Waals surface area contributed by atoms with Gasteiger partial charge in [-0.05, 0) is 37.1 Å². The van der Waals surface area contributed by atoms with Crippen molar-refractivity contribution in [2.75, 3.05) is 11.9 Å². The number of thiazole rings is 1. The van der Waals surface area contributed by atoms with Crippen molar-refractivity contribution in [3.05, 3.63) is 50.1 Å². The van der Waals surface area contributed by atoms with Crippen LogP contribution >= 0.6 is 11.3 Å². The number of aromatic nitrogens is 1. The van der Waals surface area contributed by atoms with Gasteiger partial charge in [0.2, 0.25) is 5.91 Å². The number of nitrogens with zero attached hydrogens (tertiary/aromatic N) is 1. The molecule has 0 spiro atoms. The molecule has 120 valence electrons. The van der Waals surface area contributed by atoms with Gasteiger partial charge in [-0.1, -0.05) is 11.3 Å². The monoisotopic (exact) mass is 332 g/mol. The average Bonchev–Trinajstić information content (AvgIpc) is 2.86. The smallest absolute Gasteiger partial charge is 0.338 e. The van der Waals surface area contributed by atoms with Gasteiger partial charge in [0.15, 0.2) is 0 Å². The molecule has 0 atom stereocenters. The first kappa shape index (κ1) is 15.5. The van der Waals surface area contributed by atoms with Crippen LogP contribution in [0.15, 0.2) is 28.4 Å². The van der Waals surface area contributed by atoms with E-state index in [1.54, 1.807) is 28.1 Å². The molecule has 7 heteroatoms. The van der Waals surface area contributed by atoms with E-state index >= 15 is 0 Å². The predicted octanol–water partition coefficient (Wildman–Crippen LogP) is 1.96. The molecule has 1 aromatic carbocycles. The first-order valence-corrected chi connectivity index (χ1v) is 8.17. The molecule has 0 saturated carbocycles. The molecule has 2 aromatic rings. The quantitative estimate of drug-likeness (QED) is 0.868. The summed E-state index contributed by atoms with van der Waals surface area (Å²) in [6, 6.07) is 5.10. The first-order chi connectivity index (χ1) is 11.0. The normalized spacial score (nSPS) is 13.3. The van der Waals surface area contributed by atoms with E-state index in [0.29, 0.717) is 24.9 Å². The topological polar surface area (TPSA) is 77.4 Å². The van der Waals surface area contributed by atoms with Crippen molar-refractivity contribution in [3.63, 3.8) is 0 Å². The molecule has 1 aromatic heterocycles. The van der Waals surface area contributed by atoms with Gasteiger partial charge in [-0.3, -0.25) is 14.2 Å². The highest BCUT2D eigenvalue weighted by Gasteiger charge is 2.17. The summed E-state index contributed by atoms with van der Waals surface area (Å²) < 4.78 is 6.83. The van der Waals surface area contributed by atoms with Crippen molar-refractivity contribution in [1.82, 2.24) is 4.57 Å². The summed E-state index contributed by atoms with van der Waals surface area (Å²) >= 11 is 1.13. The Kier molecular flexibility index (Phi) is 4.29. The Morgan fingerprint density at radius 1 is 1.35 bits per heavy atom. The average molecular weight is 332 g/mol. The first-order valence-electron chi connectivity index (χ1n) is 7.29. The molecule has 1 aliphatic rings. The van der Waals surface area contributed by atoms with Crippen molar-refractivity contribution in [2.45, 2.75) is 26.3 Å². The molecular formula is C16H16N2O4S. The van der Waals surface area contributed by atoms with E-state index in [4.69, 9.17) is 4.74 Å². The van der Waals surface area contributed by atoms with Gasteiger partial charge >= 0.3 is 10.8 Å². The van der Waals surface area contributed by atoms with Crippen molar-refractivity contribution in [3.8, 4) is 0 Å².